The zero-order chi connectivity index (χ0) is 17.7. The Hall–Kier alpha value is 0.0600. The van der Waals surface area contributed by atoms with Crippen molar-refractivity contribution < 1.29 is 18.3 Å². The Kier molecular flexibility index (Phi) is 13.4. The summed E-state index contributed by atoms with van der Waals surface area (Å²) in [6.45, 7) is 5.47. The number of alkyl halides is 3. The van der Waals surface area contributed by atoms with Gasteiger partial charge in [-0.05, 0) is 19.8 Å². The van der Waals surface area contributed by atoms with E-state index in [1.165, 1.54) is 38.5 Å². The first-order chi connectivity index (χ1) is 10.9. The predicted octanol–water partition coefficient (Wildman–Crippen LogP) is 6.55. The van der Waals surface area contributed by atoms with E-state index in [4.69, 9.17) is 0 Å². The Bertz CT molecular complexity index is 311. The normalized spacial score (nSPS) is 14.5. The third kappa shape index (κ3) is 9.20. The lowest BCUT2D eigenvalue weighted by Crippen LogP contribution is -2.42. The van der Waals surface area contributed by atoms with E-state index in [2.05, 4.69) is 34.3 Å². The van der Waals surface area contributed by atoms with Gasteiger partial charge in [0.05, 0.1) is 6.61 Å². The molecule has 0 spiro atoms. The van der Waals surface area contributed by atoms with Crippen molar-refractivity contribution >= 4 is 28.6 Å². The summed E-state index contributed by atoms with van der Waals surface area (Å²) >= 11 is 2.08. The van der Waals surface area contributed by atoms with Gasteiger partial charge in [-0.1, -0.05) is 87.8 Å². The number of esters is 1. The third-order valence-electron chi connectivity index (χ3n) is 4.22. The summed E-state index contributed by atoms with van der Waals surface area (Å²) in [6.07, 6.45) is 10.6. The van der Waals surface area contributed by atoms with Crippen LogP contribution in [0.3, 0.4) is 0 Å². The zero-order valence-electron chi connectivity index (χ0n) is 14.9. The van der Waals surface area contributed by atoms with Gasteiger partial charge in [-0.2, -0.15) is 8.78 Å². The number of hydrogen-bond acceptors (Lipinski definition) is 2. The highest BCUT2D eigenvalue weighted by molar-refractivity contribution is 14.1. The van der Waals surface area contributed by atoms with Crippen LogP contribution in [-0.4, -0.2) is 22.4 Å². The van der Waals surface area contributed by atoms with E-state index in [1.807, 2.05) is 0 Å². The van der Waals surface area contributed by atoms with Crippen LogP contribution in [0.4, 0.5) is 8.78 Å². The summed E-state index contributed by atoms with van der Waals surface area (Å²) in [5.41, 5.74) is 0. The van der Waals surface area contributed by atoms with Crippen molar-refractivity contribution in [1.29, 1.82) is 0 Å². The van der Waals surface area contributed by atoms with Crippen molar-refractivity contribution in [2.45, 2.75) is 94.8 Å². The highest BCUT2D eigenvalue weighted by Crippen LogP contribution is 2.37. The summed E-state index contributed by atoms with van der Waals surface area (Å²) in [6, 6.07) is 0. The molecule has 0 aliphatic rings. The molecular weight excluding hydrogens is 413 g/mol. The van der Waals surface area contributed by atoms with Crippen LogP contribution in [0, 0.1) is 5.92 Å². The molecule has 5 heteroatoms. The van der Waals surface area contributed by atoms with Gasteiger partial charge in [0.25, 0.3) is 0 Å². The summed E-state index contributed by atoms with van der Waals surface area (Å²) in [4.78, 5) is 11.5. The first kappa shape index (κ1) is 23.1. The molecule has 0 aliphatic heterocycles. The Morgan fingerprint density at radius 3 is 2.00 bits per heavy atom. The SMILES string of the molecule is CCCCCCCCCCC(I)C(CC)C(F)(F)C(=O)OCC. The maximum absolute atomic E-state index is 14.2. The summed E-state index contributed by atoms with van der Waals surface area (Å²) in [5, 5.41) is 0. The average molecular weight is 446 g/mol. The molecule has 0 aromatic heterocycles. The van der Waals surface area contributed by atoms with Crippen molar-refractivity contribution in [1.82, 2.24) is 0 Å². The Balaban J connectivity index is 4.10. The molecule has 0 bridgehead atoms. The maximum Gasteiger partial charge on any atom is 0.377 e. The lowest BCUT2D eigenvalue weighted by atomic mass is 9.91. The third-order valence-corrected chi connectivity index (χ3v) is 5.71. The van der Waals surface area contributed by atoms with Crippen LogP contribution in [0.15, 0.2) is 0 Å². The summed E-state index contributed by atoms with van der Waals surface area (Å²) < 4.78 is 32.7. The molecule has 2 unspecified atom stereocenters. The monoisotopic (exact) mass is 446 g/mol. The molecule has 0 amide bonds. The van der Waals surface area contributed by atoms with Crippen molar-refractivity contribution in [2.24, 2.45) is 5.92 Å². The molecule has 0 N–H and O–H groups in total. The molecule has 0 saturated heterocycles. The fourth-order valence-corrected chi connectivity index (χ4v) is 4.19. The van der Waals surface area contributed by atoms with Crippen LogP contribution in [0.1, 0.15) is 85.0 Å². The smallest absolute Gasteiger partial charge is 0.377 e. The first-order valence-electron chi connectivity index (χ1n) is 9.10. The van der Waals surface area contributed by atoms with Crippen LogP contribution in [0.25, 0.3) is 0 Å². The fourth-order valence-electron chi connectivity index (χ4n) is 2.79. The largest absolute Gasteiger partial charge is 0.462 e. The van der Waals surface area contributed by atoms with Crippen molar-refractivity contribution in [2.75, 3.05) is 6.61 Å². The molecule has 138 valence electrons. The van der Waals surface area contributed by atoms with E-state index in [9.17, 15) is 13.6 Å². The predicted molar refractivity (Wildman–Crippen MR) is 100 cm³/mol. The number of carbonyl (C=O) groups is 1. The van der Waals surface area contributed by atoms with E-state index in [-0.39, 0.29) is 17.0 Å². The molecular formula is C18H33F2IO2. The molecule has 2 atom stereocenters. The van der Waals surface area contributed by atoms with Gasteiger partial charge >= 0.3 is 11.9 Å². The lowest BCUT2D eigenvalue weighted by Gasteiger charge is -2.28. The molecule has 0 saturated carbocycles. The highest BCUT2D eigenvalue weighted by Gasteiger charge is 2.50. The van der Waals surface area contributed by atoms with E-state index >= 15 is 0 Å². The molecule has 0 aromatic carbocycles. The van der Waals surface area contributed by atoms with Gasteiger partial charge in [-0.25, -0.2) is 4.79 Å². The molecule has 0 radical (unpaired) electrons. The second-order valence-corrected chi connectivity index (χ2v) is 7.74. The second-order valence-electron chi connectivity index (χ2n) is 6.14. The van der Waals surface area contributed by atoms with Crippen LogP contribution >= 0.6 is 22.6 Å². The number of hydrogen-bond donors (Lipinski definition) is 0. The number of rotatable bonds is 14. The van der Waals surface area contributed by atoms with Crippen molar-refractivity contribution in [3.63, 3.8) is 0 Å². The van der Waals surface area contributed by atoms with E-state index < -0.39 is 17.8 Å². The summed E-state index contributed by atoms with van der Waals surface area (Å²) in [7, 11) is 0. The fraction of sp³-hybridized carbons (Fsp3) is 0.944. The Labute approximate surface area is 154 Å². The summed E-state index contributed by atoms with van der Waals surface area (Å²) in [5.74, 6) is -5.69. The van der Waals surface area contributed by atoms with Crippen LogP contribution in [0.5, 0.6) is 0 Å². The minimum absolute atomic E-state index is 0.00516. The quantitative estimate of drug-likeness (QED) is 0.131. The van der Waals surface area contributed by atoms with E-state index in [0.717, 1.165) is 19.3 Å². The van der Waals surface area contributed by atoms with Gasteiger partial charge in [0, 0.05) is 9.84 Å². The van der Waals surface area contributed by atoms with Gasteiger partial charge in [0.1, 0.15) is 0 Å². The van der Waals surface area contributed by atoms with Crippen molar-refractivity contribution in [3.05, 3.63) is 0 Å². The molecule has 0 aliphatic carbocycles. The topological polar surface area (TPSA) is 26.3 Å². The van der Waals surface area contributed by atoms with Crippen LogP contribution < -0.4 is 0 Å². The van der Waals surface area contributed by atoms with E-state index in [0.29, 0.717) is 0 Å². The van der Waals surface area contributed by atoms with Crippen LogP contribution in [0.2, 0.25) is 0 Å². The lowest BCUT2D eigenvalue weighted by molar-refractivity contribution is -0.180. The molecule has 0 fully saturated rings. The first-order valence-corrected chi connectivity index (χ1v) is 10.3. The Morgan fingerprint density at radius 2 is 1.52 bits per heavy atom. The number of unbranched alkanes of at least 4 members (excludes halogenated alkanes) is 7. The van der Waals surface area contributed by atoms with Gasteiger partial charge in [0.2, 0.25) is 0 Å². The molecule has 0 rings (SSSR count). The minimum Gasteiger partial charge on any atom is -0.462 e. The highest BCUT2D eigenvalue weighted by atomic mass is 127. The van der Waals surface area contributed by atoms with Gasteiger partial charge in [0.15, 0.2) is 0 Å². The molecule has 2 nitrogen and oxygen atoms in total. The van der Waals surface area contributed by atoms with Crippen molar-refractivity contribution in [3.8, 4) is 0 Å². The van der Waals surface area contributed by atoms with E-state index in [1.54, 1.807) is 13.8 Å². The Morgan fingerprint density at radius 1 is 1.00 bits per heavy atom. The second kappa shape index (κ2) is 13.4. The molecule has 0 aromatic rings. The molecule has 23 heavy (non-hydrogen) atoms. The molecule has 0 heterocycles. The number of halogens is 3. The maximum atomic E-state index is 14.2. The van der Waals surface area contributed by atoms with Gasteiger partial charge in [-0.3, -0.25) is 0 Å². The minimum atomic E-state index is -3.38. The zero-order valence-corrected chi connectivity index (χ0v) is 17.0. The number of carbonyl (C=O) groups excluding carboxylic acids is 1. The van der Waals surface area contributed by atoms with Crippen LogP contribution in [-0.2, 0) is 9.53 Å². The average Bonchev–Trinajstić information content (AvgIpc) is 2.50. The number of ether oxygens (including phenoxy) is 1. The van der Waals surface area contributed by atoms with Gasteiger partial charge in [-0.15, -0.1) is 0 Å². The van der Waals surface area contributed by atoms with Gasteiger partial charge < -0.3 is 4.74 Å². The standard InChI is InChI=1S/C18H33F2IO2/c1-4-7-8-9-10-11-12-13-14-16(21)15(5-2)18(19,20)17(22)23-6-3/h15-16H,4-14H2,1-3H3.